The van der Waals surface area contributed by atoms with Crippen LogP contribution in [-0.2, 0) is 0 Å². The molecule has 1 N–H and O–H groups in total. The van der Waals surface area contributed by atoms with Crippen LogP contribution in [0.2, 0.25) is 0 Å². The smallest absolute Gasteiger partial charge is 0.115 e. The second-order valence-electron chi connectivity index (χ2n) is 4.65. The summed E-state index contributed by atoms with van der Waals surface area (Å²) in [5, 5.41) is 3.43. The van der Waals surface area contributed by atoms with Gasteiger partial charge in [0.1, 0.15) is 6.33 Å². The zero-order chi connectivity index (χ0) is 11.2. The Labute approximate surface area is 97.7 Å². The van der Waals surface area contributed by atoms with Crippen molar-refractivity contribution in [1.82, 2.24) is 15.3 Å². The van der Waals surface area contributed by atoms with E-state index in [1.165, 1.54) is 38.5 Å². The van der Waals surface area contributed by atoms with Crippen LogP contribution < -0.4 is 5.32 Å². The van der Waals surface area contributed by atoms with E-state index in [1.807, 2.05) is 19.3 Å². The standard InChI is InChI=1S/C13H21N3/c1-14-13(12-8-9-15-10-16-12)11-6-4-2-3-5-7-11/h8-11,13-14H,2-7H2,1H3. The minimum Gasteiger partial charge on any atom is -0.311 e. The summed E-state index contributed by atoms with van der Waals surface area (Å²) in [4.78, 5) is 8.37. The number of rotatable bonds is 3. The van der Waals surface area contributed by atoms with E-state index in [4.69, 9.17) is 0 Å². The second kappa shape index (κ2) is 5.94. The highest BCUT2D eigenvalue weighted by Gasteiger charge is 2.23. The molecule has 1 aliphatic rings. The van der Waals surface area contributed by atoms with Crippen molar-refractivity contribution < 1.29 is 0 Å². The molecule has 1 atom stereocenters. The molecule has 0 aliphatic heterocycles. The summed E-state index contributed by atoms with van der Waals surface area (Å²) in [5.74, 6) is 0.738. The third kappa shape index (κ3) is 2.79. The van der Waals surface area contributed by atoms with Gasteiger partial charge in [-0.25, -0.2) is 9.97 Å². The number of hydrogen-bond acceptors (Lipinski definition) is 3. The normalized spacial score (nSPS) is 20.3. The van der Waals surface area contributed by atoms with Crippen molar-refractivity contribution >= 4 is 0 Å². The van der Waals surface area contributed by atoms with Gasteiger partial charge in [-0.2, -0.15) is 0 Å². The molecule has 1 aliphatic carbocycles. The van der Waals surface area contributed by atoms with Crippen molar-refractivity contribution in [2.75, 3.05) is 7.05 Å². The van der Waals surface area contributed by atoms with Gasteiger partial charge >= 0.3 is 0 Å². The van der Waals surface area contributed by atoms with Crippen LogP contribution in [0.25, 0.3) is 0 Å². The summed E-state index contributed by atoms with van der Waals surface area (Å²) >= 11 is 0. The lowest BCUT2D eigenvalue weighted by Gasteiger charge is -2.25. The second-order valence-corrected chi connectivity index (χ2v) is 4.65. The maximum absolute atomic E-state index is 4.38. The molecule has 1 aromatic heterocycles. The van der Waals surface area contributed by atoms with E-state index in [0.29, 0.717) is 6.04 Å². The summed E-state index contributed by atoms with van der Waals surface area (Å²) in [6.07, 6.45) is 11.7. The van der Waals surface area contributed by atoms with Gasteiger partial charge in [-0.1, -0.05) is 25.7 Å². The SMILES string of the molecule is CNC(c1ccncn1)C1CCCCCC1. The van der Waals surface area contributed by atoms with E-state index < -0.39 is 0 Å². The molecule has 1 saturated carbocycles. The lowest BCUT2D eigenvalue weighted by Crippen LogP contribution is -2.26. The fraction of sp³-hybridized carbons (Fsp3) is 0.692. The third-order valence-corrected chi connectivity index (χ3v) is 3.61. The van der Waals surface area contributed by atoms with Gasteiger partial charge in [0.25, 0.3) is 0 Å². The topological polar surface area (TPSA) is 37.8 Å². The number of aromatic nitrogens is 2. The van der Waals surface area contributed by atoms with E-state index in [1.54, 1.807) is 6.33 Å². The van der Waals surface area contributed by atoms with Gasteiger partial charge in [-0.3, -0.25) is 0 Å². The van der Waals surface area contributed by atoms with Gasteiger partial charge in [0.15, 0.2) is 0 Å². The van der Waals surface area contributed by atoms with Crippen molar-refractivity contribution in [1.29, 1.82) is 0 Å². The highest BCUT2D eigenvalue weighted by atomic mass is 14.9. The number of nitrogens with one attached hydrogen (secondary N) is 1. The first kappa shape index (κ1) is 11.5. The average Bonchev–Trinajstić information content (AvgIpc) is 2.61. The molecule has 1 fully saturated rings. The Hall–Kier alpha value is -0.960. The first-order valence-electron chi connectivity index (χ1n) is 6.35. The molecule has 0 aromatic carbocycles. The molecule has 16 heavy (non-hydrogen) atoms. The Morgan fingerprint density at radius 3 is 2.56 bits per heavy atom. The first-order valence-corrected chi connectivity index (χ1v) is 6.35. The fourth-order valence-electron chi connectivity index (χ4n) is 2.75. The highest BCUT2D eigenvalue weighted by molar-refractivity contribution is 5.06. The van der Waals surface area contributed by atoms with E-state index in [-0.39, 0.29) is 0 Å². The monoisotopic (exact) mass is 219 g/mol. The van der Waals surface area contributed by atoms with Crippen LogP contribution >= 0.6 is 0 Å². The third-order valence-electron chi connectivity index (χ3n) is 3.61. The van der Waals surface area contributed by atoms with Crippen LogP contribution in [-0.4, -0.2) is 17.0 Å². The molecule has 3 nitrogen and oxygen atoms in total. The summed E-state index contributed by atoms with van der Waals surface area (Å²) in [5.41, 5.74) is 1.14. The van der Waals surface area contributed by atoms with Gasteiger partial charge in [0, 0.05) is 6.20 Å². The molecular weight excluding hydrogens is 198 g/mol. The van der Waals surface area contributed by atoms with Crippen molar-refractivity contribution in [3.63, 3.8) is 0 Å². The predicted molar refractivity (Wildman–Crippen MR) is 65.0 cm³/mol. The Balaban J connectivity index is 2.09. The quantitative estimate of drug-likeness (QED) is 0.794. The fourth-order valence-corrected chi connectivity index (χ4v) is 2.75. The zero-order valence-corrected chi connectivity index (χ0v) is 10.0. The summed E-state index contributed by atoms with van der Waals surface area (Å²) < 4.78 is 0. The molecule has 2 rings (SSSR count). The lowest BCUT2D eigenvalue weighted by atomic mass is 9.90. The number of nitrogens with zero attached hydrogens (tertiary/aromatic N) is 2. The van der Waals surface area contributed by atoms with Gasteiger partial charge < -0.3 is 5.32 Å². The molecule has 0 radical (unpaired) electrons. The maximum Gasteiger partial charge on any atom is 0.115 e. The summed E-state index contributed by atoms with van der Waals surface area (Å²) in [6.45, 7) is 0. The lowest BCUT2D eigenvalue weighted by molar-refractivity contribution is 0.335. The Kier molecular flexibility index (Phi) is 4.28. The zero-order valence-electron chi connectivity index (χ0n) is 10.0. The molecule has 0 saturated heterocycles. The highest BCUT2D eigenvalue weighted by Crippen LogP contribution is 2.32. The van der Waals surface area contributed by atoms with E-state index >= 15 is 0 Å². The van der Waals surface area contributed by atoms with Crippen molar-refractivity contribution in [2.45, 2.75) is 44.6 Å². The minimum absolute atomic E-state index is 0.404. The van der Waals surface area contributed by atoms with Crippen LogP contribution in [0.4, 0.5) is 0 Å². The molecular formula is C13H21N3. The minimum atomic E-state index is 0.404. The molecule has 1 unspecified atom stereocenters. The van der Waals surface area contributed by atoms with Crippen molar-refractivity contribution in [2.24, 2.45) is 5.92 Å². The van der Waals surface area contributed by atoms with Crippen molar-refractivity contribution in [3.8, 4) is 0 Å². The summed E-state index contributed by atoms with van der Waals surface area (Å²) in [6, 6.07) is 2.44. The van der Waals surface area contributed by atoms with Crippen LogP contribution in [0.1, 0.15) is 50.3 Å². The first-order chi connectivity index (χ1) is 7.92. The van der Waals surface area contributed by atoms with Crippen LogP contribution in [0.3, 0.4) is 0 Å². The van der Waals surface area contributed by atoms with Gasteiger partial charge in [-0.05, 0) is 31.9 Å². The molecule has 88 valence electrons. The number of hydrogen-bond donors (Lipinski definition) is 1. The molecule has 0 amide bonds. The van der Waals surface area contributed by atoms with E-state index in [9.17, 15) is 0 Å². The van der Waals surface area contributed by atoms with E-state index in [0.717, 1.165) is 11.6 Å². The largest absolute Gasteiger partial charge is 0.311 e. The van der Waals surface area contributed by atoms with Crippen LogP contribution in [0, 0.1) is 5.92 Å². The molecule has 1 aromatic rings. The summed E-state index contributed by atoms with van der Waals surface area (Å²) in [7, 11) is 2.04. The van der Waals surface area contributed by atoms with Crippen LogP contribution in [0.15, 0.2) is 18.6 Å². The Morgan fingerprint density at radius 1 is 1.25 bits per heavy atom. The van der Waals surface area contributed by atoms with Crippen LogP contribution in [0.5, 0.6) is 0 Å². The van der Waals surface area contributed by atoms with Gasteiger partial charge in [0.2, 0.25) is 0 Å². The van der Waals surface area contributed by atoms with Crippen molar-refractivity contribution in [3.05, 3.63) is 24.3 Å². The Bertz CT molecular complexity index is 291. The van der Waals surface area contributed by atoms with E-state index in [2.05, 4.69) is 15.3 Å². The molecule has 3 heteroatoms. The average molecular weight is 219 g/mol. The molecule has 0 spiro atoms. The maximum atomic E-state index is 4.38. The van der Waals surface area contributed by atoms with Gasteiger partial charge in [0.05, 0.1) is 11.7 Å². The Morgan fingerprint density at radius 2 is 2.00 bits per heavy atom. The van der Waals surface area contributed by atoms with Gasteiger partial charge in [-0.15, -0.1) is 0 Å². The predicted octanol–water partition coefficient (Wildman–Crippen LogP) is 2.71. The molecule has 1 heterocycles. The molecule has 0 bridgehead atoms.